The predicted octanol–water partition coefficient (Wildman–Crippen LogP) is 4.91. The minimum atomic E-state index is -1.11. The second kappa shape index (κ2) is 11.6. The zero-order chi connectivity index (χ0) is 27.4. The molecule has 2 aliphatic rings. The van der Waals surface area contributed by atoms with Gasteiger partial charge < -0.3 is 24.5 Å². The van der Waals surface area contributed by atoms with Gasteiger partial charge in [-0.1, -0.05) is 37.5 Å². The number of ether oxygens (including phenoxy) is 2. The molecule has 0 bridgehead atoms. The number of aryl methyl sites for hydroxylation is 1. The van der Waals surface area contributed by atoms with E-state index in [-0.39, 0.29) is 24.5 Å². The molecule has 0 saturated heterocycles. The normalized spacial score (nSPS) is 17.6. The Morgan fingerprint density at radius 1 is 0.949 bits per heavy atom. The molecule has 1 saturated carbocycles. The van der Waals surface area contributed by atoms with Crippen LogP contribution in [0.25, 0.3) is 0 Å². The van der Waals surface area contributed by atoms with Gasteiger partial charge in [0.2, 0.25) is 12.0 Å². The molecule has 3 amide bonds. The highest BCUT2D eigenvalue weighted by Gasteiger charge is 2.41. The highest BCUT2D eigenvalue weighted by Crippen LogP contribution is 2.35. The maximum Gasteiger partial charge on any atom is 0.272 e. The summed E-state index contributed by atoms with van der Waals surface area (Å²) in [5.41, 5.74) is 0.901. The maximum atomic E-state index is 14.3. The number of carbonyl (C=O) groups is 3. The van der Waals surface area contributed by atoms with Gasteiger partial charge in [0, 0.05) is 24.3 Å². The van der Waals surface area contributed by atoms with Crippen molar-refractivity contribution in [2.24, 2.45) is 0 Å². The summed E-state index contributed by atoms with van der Waals surface area (Å²) in [5, 5.41) is 5.92. The third-order valence-corrected chi connectivity index (χ3v) is 6.95. The Morgan fingerprint density at radius 2 is 1.72 bits per heavy atom. The maximum absolute atomic E-state index is 14.3. The molecule has 9 nitrogen and oxygen atoms in total. The van der Waals surface area contributed by atoms with Gasteiger partial charge in [0.25, 0.3) is 11.8 Å². The molecule has 9 heteroatoms. The third kappa shape index (κ3) is 6.08. The Labute approximate surface area is 227 Å². The average molecular weight is 532 g/mol. The van der Waals surface area contributed by atoms with Crippen LogP contribution >= 0.6 is 0 Å². The topological polar surface area (TPSA) is 110 Å². The van der Waals surface area contributed by atoms with Crippen LogP contribution in [0.3, 0.4) is 0 Å². The first-order chi connectivity index (χ1) is 18.9. The first-order valence-electron chi connectivity index (χ1n) is 13.3. The third-order valence-electron chi connectivity index (χ3n) is 6.95. The fourth-order valence-electron chi connectivity index (χ4n) is 5.14. The number of amides is 3. The number of carbonyl (C=O) groups excluding carboxylic acids is 3. The van der Waals surface area contributed by atoms with E-state index >= 15 is 0 Å². The summed E-state index contributed by atoms with van der Waals surface area (Å²) >= 11 is 0. The van der Waals surface area contributed by atoms with E-state index < -0.39 is 18.1 Å². The van der Waals surface area contributed by atoms with Crippen LogP contribution in [0.5, 0.6) is 11.5 Å². The number of furan rings is 1. The van der Waals surface area contributed by atoms with Gasteiger partial charge in [-0.25, -0.2) is 0 Å². The van der Waals surface area contributed by atoms with Crippen LogP contribution in [-0.2, 0) is 14.4 Å². The summed E-state index contributed by atoms with van der Waals surface area (Å²) < 4.78 is 17.9. The van der Waals surface area contributed by atoms with Crippen LogP contribution in [0.1, 0.15) is 56.6 Å². The predicted molar refractivity (Wildman–Crippen MR) is 146 cm³/mol. The zero-order valence-corrected chi connectivity index (χ0v) is 22.1. The molecule has 1 aromatic heterocycles. The summed E-state index contributed by atoms with van der Waals surface area (Å²) in [7, 11) is 0. The molecule has 2 N–H and O–H groups in total. The minimum absolute atomic E-state index is 0.0219. The summed E-state index contributed by atoms with van der Waals surface area (Å²) in [6.45, 7) is 3.18. The molecule has 3 aromatic rings. The number of fused-ring (bicyclic) bond motifs is 1. The van der Waals surface area contributed by atoms with Gasteiger partial charge in [-0.05, 0) is 62.2 Å². The smallest absolute Gasteiger partial charge is 0.272 e. The lowest BCUT2D eigenvalue weighted by molar-refractivity contribution is -0.132. The monoisotopic (exact) mass is 531 g/mol. The van der Waals surface area contributed by atoms with Gasteiger partial charge in [-0.2, -0.15) is 0 Å². The zero-order valence-electron chi connectivity index (χ0n) is 22.1. The standard InChI is InChI=1S/C30H33N3O6/c1-19-15-16-26(38-19)28(29(35)32-21-9-4-3-5-10-21)33(23-12-8-11-22(17-23)31-20(2)34)30(36)27-18-37-24-13-6-7-14-25(24)39-27/h6-8,11-17,21,27-28H,3-5,9-10,18H2,1-2H3,(H,31,34)(H,32,35)/t27-,28-/m1/s1. The van der Waals surface area contributed by atoms with Crippen molar-refractivity contribution < 1.29 is 28.3 Å². The SMILES string of the molecule is CC(=O)Nc1cccc(N(C(=O)[C@H]2COc3ccccc3O2)[C@@H](C(=O)NC2CCCCC2)c2ccc(C)o2)c1. The van der Waals surface area contributed by atoms with Crippen LogP contribution in [0.4, 0.5) is 11.4 Å². The number of hydrogen-bond acceptors (Lipinski definition) is 6. The fraction of sp³-hybridized carbons (Fsp3) is 0.367. The van der Waals surface area contributed by atoms with Crippen LogP contribution in [-0.4, -0.2) is 36.5 Å². The number of para-hydroxylation sites is 2. The van der Waals surface area contributed by atoms with Gasteiger partial charge in [-0.3, -0.25) is 19.3 Å². The van der Waals surface area contributed by atoms with E-state index in [4.69, 9.17) is 13.9 Å². The Hall–Kier alpha value is -4.27. The molecule has 0 radical (unpaired) electrons. The number of hydrogen-bond donors (Lipinski definition) is 2. The average Bonchev–Trinajstić information content (AvgIpc) is 3.36. The highest BCUT2D eigenvalue weighted by atomic mass is 16.6. The molecular weight excluding hydrogens is 498 g/mol. The largest absolute Gasteiger partial charge is 0.485 e. The molecule has 0 spiro atoms. The summed E-state index contributed by atoms with van der Waals surface area (Å²) in [6, 6.07) is 16.4. The van der Waals surface area contributed by atoms with Crippen molar-refractivity contribution in [3.8, 4) is 11.5 Å². The van der Waals surface area contributed by atoms with Crippen molar-refractivity contribution in [2.45, 2.75) is 64.1 Å². The van der Waals surface area contributed by atoms with E-state index in [2.05, 4.69) is 10.6 Å². The second-order valence-electron chi connectivity index (χ2n) is 10.00. The van der Waals surface area contributed by atoms with E-state index in [0.29, 0.717) is 34.4 Å². The van der Waals surface area contributed by atoms with Gasteiger partial charge in [0.05, 0.1) is 0 Å². The first-order valence-corrected chi connectivity index (χ1v) is 13.3. The van der Waals surface area contributed by atoms with Gasteiger partial charge in [0.15, 0.2) is 17.5 Å². The van der Waals surface area contributed by atoms with Crippen molar-refractivity contribution in [1.29, 1.82) is 0 Å². The summed E-state index contributed by atoms with van der Waals surface area (Å²) in [5.74, 6) is 0.884. The number of nitrogens with zero attached hydrogens (tertiary/aromatic N) is 1. The van der Waals surface area contributed by atoms with Crippen LogP contribution in [0.15, 0.2) is 65.1 Å². The first kappa shape index (κ1) is 26.3. The van der Waals surface area contributed by atoms with E-state index in [9.17, 15) is 14.4 Å². The molecule has 2 aromatic carbocycles. The molecule has 204 valence electrons. The fourth-order valence-corrected chi connectivity index (χ4v) is 5.14. The second-order valence-corrected chi connectivity index (χ2v) is 10.00. The van der Waals surface area contributed by atoms with Crippen LogP contribution in [0, 0.1) is 6.92 Å². The van der Waals surface area contributed by atoms with Crippen LogP contribution < -0.4 is 25.0 Å². The lowest BCUT2D eigenvalue weighted by Crippen LogP contribution is -2.52. The van der Waals surface area contributed by atoms with Gasteiger partial charge in [0.1, 0.15) is 18.1 Å². The van der Waals surface area contributed by atoms with Crippen molar-refractivity contribution in [3.63, 3.8) is 0 Å². The van der Waals surface area contributed by atoms with E-state index in [1.54, 1.807) is 61.5 Å². The quantitative estimate of drug-likeness (QED) is 0.448. The van der Waals surface area contributed by atoms with Crippen molar-refractivity contribution in [3.05, 3.63) is 72.2 Å². The summed E-state index contributed by atoms with van der Waals surface area (Å²) in [4.78, 5) is 41.4. The Kier molecular flexibility index (Phi) is 7.86. The lowest BCUT2D eigenvalue weighted by Gasteiger charge is -2.35. The molecule has 1 fully saturated rings. The molecule has 5 rings (SSSR count). The molecule has 1 aliphatic heterocycles. The molecule has 39 heavy (non-hydrogen) atoms. The minimum Gasteiger partial charge on any atom is -0.485 e. The highest BCUT2D eigenvalue weighted by molar-refractivity contribution is 6.04. The number of nitrogens with one attached hydrogen (secondary N) is 2. The Balaban J connectivity index is 1.55. The molecule has 0 unspecified atom stereocenters. The van der Waals surface area contributed by atoms with Gasteiger partial charge >= 0.3 is 0 Å². The van der Waals surface area contributed by atoms with Crippen molar-refractivity contribution in [1.82, 2.24) is 5.32 Å². The Morgan fingerprint density at radius 3 is 2.44 bits per heavy atom. The van der Waals surface area contributed by atoms with Crippen molar-refractivity contribution >= 4 is 29.1 Å². The van der Waals surface area contributed by atoms with Crippen LogP contribution in [0.2, 0.25) is 0 Å². The molecular formula is C30H33N3O6. The number of anilines is 2. The molecule has 2 atom stereocenters. The summed E-state index contributed by atoms with van der Waals surface area (Å²) in [6.07, 6.45) is 4.00. The van der Waals surface area contributed by atoms with E-state index in [0.717, 1.165) is 32.1 Å². The van der Waals surface area contributed by atoms with E-state index in [1.807, 2.05) is 6.07 Å². The number of benzene rings is 2. The van der Waals surface area contributed by atoms with Gasteiger partial charge in [-0.15, -0.1) is 0 Å². The molecule has 2 heterocycles. The Bertz CT molecular complexity index is 1350. The molecule has 1 aliphatic carbocycles. The van der Waals surface area contributed by atoms with E-state index in [1.165, 1.54) is 11.8 Å². The van der Waals surface area contributed by atoms with Crippen molar-refractivity contribution in [2.75, 3.05) is 16.8 Å². The lowest BCUT2D eigenvalue weighted by atomic mass is 9.95. The number of rotatable bonds is 7.